The third kappa shape index (κ3) is 3.35. The monoisotopic (exact) mass is 425 g/mol. The lowest BCUT2D eigenvalue weighted by atomic mass is 10.0. The van der Waals surface area contributed by atoms with E-state index in [1.54, 1.807) is 32.6 Å². The minimum Gasteiger partial charge on any atom is -0.496 e. The van der Waals surface area contributed by atoms with Gasteiger partial charge in [0, 0.05) is 48.6 Å². The van der Waals surface area contributed by atoms with E-state index in [4.69, 9.17) is 16.3 Å². The molecule has 3 heterocycles. The van der Waals surface area contributed by atoms with Crippen molar-refractivity contribution in [3.63, 3.8) is 0 Å². The lowest BCUT2D eigenvalue weighted by molar-refractivity contribution is 0.0821. The summed E-state index contributed by atoms with van der Waals surface area (Å²) >= 11 is 6.74. The number of ether oxygens (including phenoxy) is 1. The van der Waals surface area contributed by atoms with Crippen LogP contribution in [0.5, 0.6) is 5.75 Å². The first kappa shape index (κ1) is 19.8. The van der Waals surface area contributed by atoms with Crippen LogP contribution < -0.4 is 4.74 Å². The number of aromatic amines is 1. The molecule has 0 saturated carbocycles. The van der Waals surface area contributed by atoms with Gasteiger partial charge in [0.25, 0.3) is 5.91 Å². The van der Waals surface area contributed by atoms with E-state index < -0.39 is 5.82 Å². The third-order valence-electron chi connectivity index (χ3n) is 4.63. The molecule has 30 heavy (non-hydrogen) atoms. The molecule has 7 nitrogen and oxygen atoms in total. The predicted octanol–water partition coefficient (Wildman–Crippen LogP) is 4.19. The second-order valence-corrected chi connectivity index (χ2v) is 7.12. The van der Waals surface area contributed by atoms with E-state index in [0.29, 0.717) is 44.2 Å². The Morgan fingerprint density at radius 2 is 1.97 bits per heavy atom. The van der Waals surface area contributed by atoms with Gasteiger partial charge < -0.3 is 14.6 Å². The zero-order chi connectivity index (χ0) is 21.4. The smallest absolute Gasteiger partial charge is 0.273 e. The highest BCUT2D eigenvalue weighted by molar-refractivity contribution is 6.39. The van der Waals surface area contributed by atoms with Crippen molar-refractivity contribution in [1.29, 1.82) is 0 Å². The SMILES string of the molecule is COc1ccc(F)cc1-c1c[nH]c2ncc(-c3cncc(C(=O)N(C)C)n3)c(Cl)c12. The molecule has 0 aliphatic rings. The zero-order valence-electron chi connectivity index (χ0n) is 16.4. The Bertz CT molecular complexity index is 1270. The molecule has 1 aromatic carbocycles. The third-order valence-corrected chi connectivity index (χ3v) is 5.02. The van der Waals surface area contributed by atoms with Crippen molar-refractivity contribution in [3.8, 4) is 28.1 Å². The molecule has 4 aromatic rings. The molecule has 3 aromatic heterocycles. The largest absolute Gasteiger partial charge is 0.496 e. The van der Waals surface area contributed by atoms with Gasteiger partial charge in [0.05, 0.1) is 30.2 Å². The number of nitrogens with zero attached hydrogens (tertiary/aromatic N) is 4. The number of halogens is 2. The Hall–Kier alpha value is -3.52. The number of carbonyl (C=O) groups excluding carboxylic acids is 1. The summed E-state index contributed by atoms with van der Waals surface area (Å²) in [6.07, 6.45) is 6.16. The zero-order valence-corrected chi connectivity index (χ0v) is 17.2. The van der Waals surface area contributed by atoms with Crippen molar-refractivity contribution in [2.75, 3.05) is 21.2 Å². The van der Waals surface area contributed by atoms with Gasteiger partial charge in [-0.25, -0.2) is 14.4 Å². The quantitative estimate of drug-likeness (QED) is 0.530. The van der Waals surface area contributed by atoms with Crippen LogP contribution in [-0.4, -0.2) is 51.9 Å². The van der Waals surface area contributed by atoms with E-state index in [1.807, 2.05) is 0 Å². The highest BCUT2D eigenvalue weighted by Gasteiger charge is 2.20. The molecule has 0 fully saturated rings. The van der Waals surface area contributed by atoms with Crippen molar-refractivity contribution in [1.82, 2.24) is 24.8 Å². The van der Waals surface area contributed by atoms with Gasteiger partial charge in [-0.2, -0.15) is 0 Å². The maximum absolute atomic E-state index is 13.9. The van der Waals surface area contributed by atoms with Gasteiger partial charge in [-0.05, 0) is 18.2 Å². The van der Waals surface area contributed by atoms with Crippen LogP contribution in [0.2, 0.25) is 5.02 Å². The standard InChI is InChI=1S/C21H17ClFN5O2/c1-28(2)21(29)16-10-24-9-15(27-16)14-8-26-20-18(19(14)22)13(7-25-20)12-6-11(23)4-5-17(12)30-3/h4-10H,1-3H3,(H,25,26). The number of nitrogens with one attached hydrogen (secondary N) is 1. The molecule has 0 aliphatic carbocycles. The first-order valence-corrected chi connectivity index (χ1v) is 9.32. The summed E-state index contributed by atoms with van der Waals surface area (Å²) in [6.45, 7) is 0. The average molecular weight is 426 g/mol. The Morgan fingerprint density at radius 3 is 2.70 bits per heavy atom. The Morgan fingerprint density at radius 1 is 1.17 bits per heavy atom. The summed E-state index contributed by atoms with van der Waals surface area (Å²) in [4.78, 5) is 29.6. The van der Waals surface area contributed by atoms with Crippen LogP contribution in [0.1, 0.15) is 10.5 Å². The minimum atomic E-state index is -0.402. The second kappa shape index (κ2) is 7.72. The average Bonchev–Trinajstić information content (AvgIpc) is 3.18. The van der Waals surface area contributed by atoms with Gasteiger partial charge in [0.15, 0.2) is 0 Å². The fourth-order valence-corrected chi connectivity index (χ4v) is 3.50. The second-order valence-electron chi connectivity index (χ2n) is 6.75. The van der Waals surface area contributed by atoms with Crippen LogP contribution in [0.25, 0.3) is 33.4 Å². The molecule has 4 rings (SSSR count). The summed E-state index contributed by atoms with van der Waals surface area (Å²) in [5, 5.41) is 0.940. The molecule has 0 radical (unpaired) electrons. The maximum atomic E-state index is 13.9. The Balaban J connectivity index is 1.91. The van der Waals surface area contributed by atoms with Gasteiger partial charge in [0.2, 0.25) is 0 Å². The van der Waals surface area contributed by atoms with Crippen molar-refractivity contribution in [2.45, 2.75) is 0 Å². The van der Waals surface area contributed by atoms with Crippen molar-refractivity contribution >= 4 is 28.5 Å². The van der Waals surface area contributed by atoms with Gasteiger partial charge in [-0.1, -0.05) is 11.6 Å². The van der Waals surface area contributed by atoms with Gasteiger partial charge in [-0.15, -0.1) is 0 Å². The molecule has 0 bridgehead atoms. The normalized spacial score (nSPS) is 11.0. The van der Waals surface area contributed by atoms with E-state index >= 15 is 0 Å². The number of amides is 1. The number of rotatable bonds is 4. The molecule has 0 saturated heterocycles. The molecule has 1 amide bonds. The van der Waals surface area contributed by atoms with E-state index in [9.17, 15) is 9.18 Å². The Labute approximate surface area is 176 Å². The Kier molecular flexibility index (Phi) is 5.09. The number of hydrogen-bond donors (Lipinski definition) is 1. The summed E-state index contributed by atoms with van der Waals surface area (Å²) in [5.41, 5.74) is 2.79. The fourth-order valence-electron chi connectivity index (χ4n) is 3.17. The number of pyridine rings is 1. The van der Waals surface area contributed by atoms with E-state index in [1.165, 1.54) is 36.5 Å². The molecule has 0 unspecified atom stereocenters. The molecule has 1 N–H and O–H groups in total. The first-order chi connectivity index (χ1) is 14.4. The summed E-state index contributed by atoms with van der Waals surface area (Å²) in [6, 6.07) is 4.25. The molecular weight excluding hydrogens is 409 g/mol. The number of benzene rings is 1. The van der Waals surface area contributed by atoms with E-state index in [2.05, 4.69) is 19.9 Å². The molecular formula is C21H17ClFN5O2. The minimum absolute atomic E-state index is 0.190. The number of hydrogen-bond acceptors (Lipinski definition) is 5. The molecule has 0 aliphatic heterocycles. The summed E-state index contributed by atoms with van der Waals surface area (Å²) in [7, 11) is 4.78. The van der Waals surface area contributed by atoms with Crippen LogP contribution in [0.4, 0.5) is 4.39 Å². The van der Waals surface area contributed by atoms with Crippen LogP contribution in [0, 0.1) is 5.82 Å². The fraction of sp³-hybridized carbons (Fsp3) is 0.143. The number of fused-ring (bicyclic) bond motifs is 1. The number of carbonyl (C=O) groups is 1. The summed E-state index contributed by atoms with van der Waals surface area (Å²) in [5.74, 6) is -0.181. The number of methoxy groups -OCH3 is 1. The molecule has 9 heteroatoms. The van der Waals surface area contributed by atoms with Crippen molar-refractivity contribution in [2.24, 2.45) is 0 Å². The predicted molar refractivity (Wildman–Crippen MR) is 112 cm³/mol. The maximum Gasteiger partial charge on any atom is 0.273 e. The lowest BCUT2D eigenvalue weighted by Crippen LogP contribution is -2.23. The number of aromatic nitrogens is 4. The highest BCUT2D eigenvalue weighted by Crippen LogP contribution is 2.41. The summed E-state index contributed by atoms with van der Waals surface area (Å²) < 4.78 is 19.3. The number of H-pyrrole nitrogens is 1. The van der Waals surface area contributed by atoms with Gasteiger partial charge in [0.1, 0.15) is 22.9 Å². The van der Waals surface area contributed by atoms with E-state index in [0.717, 1.165) is 0 Å². The van der Waals surface area contributed by atoms with Crippen LogP contribution in [-0.2, 0) is 0 Å². The highest BCUT2D eigenvalue weighted by atomic mass is 35.5. The van der Waals surface area contributed by atoms with Crippen LogP contribution in [0.3, 0.4) is 0 Å². The molecule has 152 valence electrons. The van der Waals surface area contributed by atoms with Crippen LogP contribution in [0.15, 0.2) is 43.0 Å². The van der Waals surface area contributed by atoms with Crippen molar-refractivity contribution in [3.05, 3.63) is 59.5 Å². The van der Waals surface area contributed by atoms with Crippen molar-refractivity contribution < 1.29 is 13.9 Å². The lowest BCUT2D eigenvalue weighted by Gasteiger charge is -2.11. The van der Waals surface area contributed by atoms with Crippen LogP contribution >= 0.6 is 11.6 Å². The topological polar surface area (TPSA) is 84.0 Å². The molecule has 0 atom stereocenters. The van der Waals surface area contributed by atoms with E-state index in [-0.39, 0.29) is 11.6 Å². The van der Waals surface area contributed by atoms with Gasteiger partial charge >= 0.3 is 0 Å². The molecule has 0 spiro atoms. The first-order valence-electron chi connectivity index (χ1n) is 8.94. The van der Waals surface area contributed by atoms with Gasteiger partial charge in [-0.3, -0.25) is 9.78 Å².